The molecule has 1 aromatic heterocycles. The van der Waals surface area contributed by atoms with Gasteiger partial charge in [-0.25, -0.2) is 0 Å². The van der Waals surface area contributed by atoms with Crippen LogP contribution in [-0.4, -0.2) is 22.5 Å². The number of amides is 1. The molecule has 1 amide bonds. The highest BCUT2D eigenvalue weighted by Gasteiger charge is 2.17. The number of rotatable bonds is 6. The van der Waals surface area contributed by atoms with Gasteiger partial charge in [-0.2, -0.15) is 10.4 Å². The van der Waals surface area contributed by atoms with Crippen molar-refractivity contribution in [1.29, 1.82) is 5.26 Å². The number of nitrogens with zero attached hydrogens (tertiary/aromatic N) is 3. The van der Waals surface area contributed by atoms with Crippen LogP contribution < -0.4 is 14.8 Å². The molecule has 166 valence electrons. The van der Waals surface area contributed by atoms with Crippen LogP contribution in [0.3, 0.4) is 0 Å². The largest absolute Gasteiger partial charge is 0.454 e. The zero-order valence-electron chi connectivity index (χ0n) is 18.1. The van der Waals surface area contributed by atoms with Gasteiger partial charge in [-0.3, -0.25) is 9.48 Å². The second-order valence-electron chi connectivity index (χ2n) is 7.67. The molecule has 4 aromatic rings. The number of nitrogens with one attached hydrogen (secondary N) is 1. The molecule has 0 radical (unpaired) electrons. The molecule has 0 unspecified atom stereocenters. The molecule has 3 aromatic carbocycles. The summed E-state index contributed by atoms with van der Waals surface area (Å²) in [6, 6.07) is 26.8. The SMILES string of the molecule is N#C/C(=C\c1cn(Cc2ccccc2)nc1-c1ccccc1)C(=O)Nc1ccc2c(c1)OCO2. The van der Waals surface area contributed by atoms with E-state index in [2.05, 4.69) is 5.32 Å². The van der Waals surface area contributed by atoms with E-state index in [0.717, 1.165) is 11.1 Å². The summed E-state index contributed by atoms with van der Waals surface area (Å²) in [6.07, 6.45) is 3.42. The maximum atomic E-state index is 12.9. The molecule has 5 rings (SSSR count). The smallest absolute Gasteiger partial charge is 0.266 e. The minimum atomic E-state index is -0.517. The number of hydrogen-bond acceptors (Lipinski definition) is 5. The molecule has 34 heavy (non-hydrogen) atoms. The van der Waals surface area contributed by atoms with Crippen LogP contribution in [0.5, 0.6) is 11.5 Å². The number of nitriles is 1. The van der Waals surface area contributed by atoms with Crippen LogP contribution in [0.25, 0.3) is 17.3 Å². The molecular weight excluding hydrogens is 428 g/mol. The van der Waals surface area contributed by atoms with Gasteiger partial charge < -0.3 is 14.8 Å². The molecule has 1 aliphatic heterocycles. The predicted molar refractivity (Wildman–Crippen MR) is 128 cm³/mol. The second kappa shape index (κ2) is 9.35. The zero-order valence-corrected chi connectivity index (χ0v) is 18.1. The Bertz CT molecular complexity index is 1400. The van der Waals surface area contributed by atoms with Crippen molar-refractivity contribution in [2.45, 2.75) is 6.54 Å². The molecule has 7 heteroatoms. The molecule has 1 N–H and O–H groups in total. The number of carbonyl (C=O) groups is 1. The Kier molecular flexibility index (Phi) is 5.78. The van der Waals surface area contributed by atoms with Crippen molar-refractivity contribution in [3.8, 4) is 28.8 Å². The molecule has 1 aliphatic rings. The van der Waals surface area contributed by atoms with Gasteiger partial charge in [0, 0.05) is 29.1 Å². The maximum Gasteiger partial charge on any atom is 0.266 e. The van der Waals surface area contributed by atoms with Crippen molar-refractivity contribution in [1.82, 2.24) is 9.78 Å². The average molecular weight is 448 g/mol. The van der Waals surface area contributed by atoms with E-state index in [0.29, 0.717) is 35.0 Å². The van der Waals surface area contributed by atoms with Crippen LogP contribution in [0.1, 0.15) is 11.1 Å². The number of ether oxygens (including phenoxy) is 2. The lowest BCUT2D eigenvalue weighted by molar-refractivity contribution is -0.112. The normalized spacial score (nSPS) is 12.3. The standard InChI is InChI=1S/C27H20N4O3/c28-15-21(27(32)29-23-11-12-24-25(14-23)34-18-33-24)13-22-17-31(16-19-7-3-1-4-8-19)30-26(22)20-9-5-2-6-10-20/h1-14,17H,16,18H2,(H,29,32)/b21-13+. The van der Waals surface area contributed by atoms with Gasteiger partial charge in [0.2, 0.25) is 6.79 Å². The Balaban J connectivity index is 1.46. The third-order valence-corrected chi connectivity index (χ3v) is 5.32. The van der Waals surface area contributed by atoms with Crippen LogP contribution >= 0.6 is 0 Å². The lowest BCUT2D eigenvalue weighted by Crippen LogP contribution is -2.13. The summed E-state index contributed by atoms with van der Waals surface area (Å²) in [5.74, 6) is 0.650. The van der Waals surface area contributed by atoms with Crippen molar-refractivity contribution in [2.24, 2.45) is 0 Å². The summed E-state index contributed by atoms with van der Waals surface area (Å²) in [5, 5.41) is 17.2. The molecule has 0 fully saturated rings. The van der Waals surface area contributed by atoms with Gasteiger partial charge >= 0.3 is 0 Å². The van der Waals surface area contributed by atoms with E-state index in [1.807, 2.05) is 77.6 Å². The van der Waals surface area contributed by atoms with E-state index < -0.39 is 5.91 Å². The van der Waals surface area contributed by atoms with Gasteiger partial charge in [-0.15, -0.1) is 0 Å². The summed E-state index contributed by atoms with van der Waals surface area (Å²) in [7, 11) is 0. The third-order valence-electron chi connectivity index (χ3n) is 5.32. The van der Waals surface area contributed by atoms with Crippen LogP contribution in [-0.2, 0) is 11.3 Å². The second-order valence-corrected chi connectivity index (χ2v) is 7.67. The number of benzene rings is 3. The van der Waals surface area contributed by atoms with E-state index >= 15 is 0 Å². The monoisotopic (exact) mass is 448 g/mol. The van der Waals surface area contributed by atoms with E-state index in [1.165, 1.54) is 0 Å². The Morgan fingerprint density at radius 2 is 1.76 bits per heavy atom. The first kappa shape index (κ1) is 21.0. The summed E-state index contributed by atoms with van der Waals surface area (Å²) >= 11 is 0. The topological polar surface area (TPSA) is 89.2 Å². The van der Waals surface area contributed by atoms with Gasteiger partial charge in [0.1, 0.15) is 11.6 Å². The lowest BCUT2D eigenvalue weighted by Gasteiger charge is -2.05. The first-order valence-electron chi connectivity index (χ1n) is 10.7. The number of carbonyl (C=O) groups excluding carboxylic acids is 1. The predicted octanol–water partition coefficient (Wildman–Crippen LogP) is 4.87. The van der Waals surface area contributed by atoms with Crippen molar-refractivity contribution < 1.29 is 14.3 Å². The molecule has 0 saturated carbocycles. The van der Waals surface area contributed by atoms with Crippen molar-refractivity contribution in [3.63, 3.8) is 0 Å². The fraction of sp³-hybridized carbons (Fsp3) is 0.0741. The van der Waals surface area contributed by atoms with Gasteiger partial charge in [0.05, 0.1) is 12.2 Å². The first-order valence-corrected chi connectivity index (χ1v) is 10.7. The maximum absolute atomic E-state index is 12.9. The first-order chi connectivity index (χ1) is 16.7. The molecule has 7 nitrogen and oxygen atoms in total. The zero-order chi connectivity index (χ0) is 23.3. The Hall–Kier alpha value is -4.83. The fourth-order valence-corrected chi connectivity index (χ4v) is 3.69. The van der Waals surface area contributed by atoms with Gasteiger partial charge in [0.25, 0.3) is 5.91 Å². The third kappa shape index (κ3) is 4.52. The minimum absolute atomic E-state index is 0.0332. The van der Waals surface area contributed by atoms with E-state index in [4.69, 9.17) is 14.6 Å². The lowest BCUT2D eigenvalue weighted by atomic mass is 10.1. The van der Waals surface area contributed by atoms with E-state index in [-0.39, 0.29) is 12.4 Å². The highest BCUT2D eigenvalue weighted by Crippen LogP contribution is 2.34. The summed E-state index contributed by atoms with van der Waals surface area (Å²) < 4.78 is 12.5. The Labute approximate surface area is 196 Å². The van der Waals surface area contributed by atoms with E-state index in [9.17, 15) is 10.1 Å². The fourth-order valence-electron chi connectivity index (χ4n) is 3.69. The minimum Gasteiger partial charge on any atom is -0.454 e. The Morgan fingerprint density at radius 1 is 1.03 bits per heavy atom. The number of aromatic nitrogens is 2. The average Bonchev–Trinajstić information content (AvgIpc) is 3.50. The van der Waals surface area contributed by atoms with Crippen molar-refractivity contribution in [2.75, 3.05) is 12.1 Å². The van der Waals surface area contributed by atoms with Gasteiger partial charge in [-0.05, 0) is 23.8 Å². The molecule has 0 bridgehead atoms. The highest BCUT2D eigenvalue weighted by atomic mass is 16.7. The molecular formula is C27H20N4O3. The van der Waals surface area contributed by atoms with Gasteiger partial charge in [-0.1, -0.05) is 60.7 Å². The van der Waals surface area contributed by atoms with E-state index in [1.54, 1.807) is 24.3 Å². The highest BCUT2D eigenvalue weighted by molar-refractivity contribution is 6.10. The molecule has 0 atom stereocenters. The van der Waals surface area contributed by atoms with Crippen molar-refractivity contribution in [3.05, 3.63) is 102 Å². The molecule has 0 saturated heterocycles. The summed E-state index contributed by atoms with van der Waals surface area (Å²) in [5.41, 5.74) is 3.85. The summed E-state index contributed by atoms with van der Waals surface area (Å²) in [6.45, 7) is 0.713. The van der Waals surface area contributed by atoms with Gasteiger partial charge in [0.15, 0.2) is 11.5 Å². The molecule has 0 spiro atoms. The quantitative estimate of drug-likeness (QED) is 0.336. The molecule has 0 aliphatic carbocycles. The summed E-state index contributed by atoms with van der Waals surface area (Å²) in [4.78, 5) is 12.9. The number of fused-ring (bicyclic) bond motifs is 1. The number of hydrogen-bond donors (Lipinski definition) is 1. The van der Waals surface area contributed by atoms with Crippen LogP contribution in [0.4, 0.5) is 5.69 Å². The number of anilines is 1. The molecule has 2 heterocycles. The van der Waals surface area contributed by atoms with Crippen LogP contribution in [0, 0.1) is 11.3 Å². The van der Waals surface area contributed by atoms with Crippen LogP contribution in [0.2, 0.25) is 0 Å². The van der Waals surface area contributed by atoms with Crippen LogP contribution in [0.15, 0.2) is 90.6 Å². The Morgan fingerprint density at radius 3 is 2.53 bits per heavy atom. The van der Waals surface area contributed by atoms with Crippen molar-refractivity contribution >= 4 is 17.7 Å².